The van der Waals surface area contributed by atoms with Crippen molar-refractivity contribution in [2.75, 3.05) is 6.54 Å². The quantitative estimate of drug-likeness (QED) is 0.933. The molecule has 1 atom stereocenters. The first-order chi connectivity index (χ1) is 11.1. The summed E-state index contributed by atoms with van der Waals surface area (Å²) >= 11 is 1.18. The fourth-order valence-electron chi connectivity index (χ4n) is 2.70. The SMILES string of the molecule is O=C(O)C1CCCN1C(=O)c1cnc(Cc2ccccc2F)s1. The van der Waals surface area contributed by atoms with E-state index in [-0.39, 0.29) is 11.7 Å². The van der Waals surface area contributed by atoms with Crippen molar-refractivity contribution in [3.63, 3.8) is 0 Å². The highest BCUT2D eigenvalue weighted by Crippen LogP contribution is 2.24. The van der Waals surface area contributed by atoms with Crippen molar-refractivity contribution in [1.29, 1.82) is 0 Å². The summed E-state index contributed by atoms with van der Waals surface area (Å²) in [5, 5.41) is 9.79. The second kappa shape index (κ2) is 6.45. The van der Waals surface area contributed by atoms with Gasteiger partial charge in [-0.1, -0.05) is 18.2 Å². The van der Waals surface area contributed by atoms with Crippen LogP contribution in [0.25, 0.3) is 0 Å². The molecule has 1 amide bonds. The minimum Gasteiger partial charge on any atom is -0.480 e. The molecule has 0 saturated carbocycles. The maximum absolute atomic E-state index is 13.7. The number of thiazole rings is 1. The Labute approximate surface area is 136 Å². The topological polar surface area (TPSA) is 70.5 Å². The normalized spacial score (nSPS) is 17.4. The van der Waals surface area contributed by atoms with Gasteiger partial charge in [-0.25, -0.2) is 14.2 Å². The molecule has 1 saturated heterocycles. The Hall–Kier alpha value is -2.28. The first kappa shape index (κ1) is 15.6. The lowest BCUT2D eigenvalue weighted by Crippen LogP contribution is -2.40. The van der Waals surface area contributed by atoms with Crippen molar-refractivity contribution < 1.29 is 19.1 Å². The largest absolute Gasteiger partial charge is 0.480 e. The van der Waals surface area contributed by atoms with Gasteiger partial charge < -0.3 is 10.0 Å². The number of hydrogen-bond donors (Lipinski definition) is 1. The zero-order valence-corrected chi connectivity index (χ0v) is 13.1. The average molecular weight is 334 g/mol. The lowest BCUT2D eigenvalue weighted by Gasteiger charge is -2.20. The highest BCUT2D eigenvalue weighted by atomic mass is 32.1. The predicted octanol–water partition coefficient (Wildman–Crippen LogP) is 2.56. The number of carbonyl (C=O) groups is 2. The maximum atomic E-state index is 13.7. The first-order valence-corrected chi connectivity index (χ1v) is 8.10. The molecule has 0 radical (unpaired) electrons. The Morgan fingerprint density at radius 1 is 1.39 bits per heavy atom. The second-order valence-electron chi connectivity index (χ2n) is 5.38. The summed E-state index contributed by atoms with van der Waals surface area (Å²) < 4.78 is 13.7. The molecular formula is C16H15FN2O3S. The zero-order chi connectivity index (χ0) is 16.4. The number of aromatic nitrogens is 1. The van der Waals surface area contributed by atoms with Gasteiger partial charge in [0, 0.05) is 13.0 Å². The van der Waals surface area contributed by atoms with Gasteiger partial charge in [0.05, 0.1) is 11.2 Å². The van der Waals surface area contributed by atoms with Gasteiger partial charge in [-0.3, -0.25) is 4.79 Å². The van der Waals surface area contributed by atoms with Crippen LogP contribution in [0.2, 0.25) is 0 Å². The van der Waals surface area contributed by atoms with Gasteiger partial charge in [-0.15, -0.1) is 11.3 Å². The smallest absolute Gasteiger partial charge is 0.326 e. The number of rotatable bonds is 4. The standard InChI is InChI=1S/C16H15FN2O3S/c17-11-5-2-1-4-10(11)8-14-18-9-13(23-14)15(20)19-7-3-6-12(19)16(21)22/h1-2,4-5,9,12H,3,6-8H2,(H,21,22). The number of carboxylic acid groups (broad SMARTS) is 1. The van der Waals surface area contributed by atoms with E-state index in [1.165, 1.54) is 28.5 Å². The van der Waals surface area contributed by atoms with Gasteiger partial charge in [0.2, 0.25) is 0 Å². The molecule has 2 aromatic rings. The highest BCUT2D eigenvalue weighted by Gasteiger charge is 2.35. The molecule has 0 aliphatic carbocycles. The van der Waals surface area contributed by atoms with Crippen molar-refractivity contribution in [2.24, 2.45) is 0 Å². The summed E-state index contributed by atoms with van der Waals surface area (Å²) in [6.45, 7) is 0.441. The third-order valence-electron chi connectivity index (χ3n) is 3.86. The minimum absolute atomic E-state index is 0.305. The van der Waals surface area contributed by atoms with E-state index in [1.54, 1.807) is 18.2 Å². The first-order valence-electron chi connectivity index (χ1n) is 7.28. The van der Waals surface area contributed by atoms with Crippen LogP contribution in [0, 0.1) is 5.82 Å². The molecule has 1 aromatic heterocycles. The summed E-state index contributed by atoms with van der Waals surface area (Å²) in [6.07, 6.45) is 2.92. The summed E-state index contributed by atoms with van der Waals surface area (Å²) in [7, 11) is 0. The Kier molecular flexibility index (Phi) is 4.38. The Bertz CT molecular complexity index is 746. The molecular weight excluding hydrogens is 319 g/mol. The van der Waals surface area contributed by atoms with Crippen LogP contribution in [0.3, 0.4) is 0 Å². The van der Waals surface area contributed by atoms with Gasteiger partial charge in [-0.05, 0) is 24.5 Å². The number of likely N-dealkylation sites (tertiary alicyclic amines) is 1. The van der Waals surface area contributed by atoms with E-state index >= 15 is 0 Å². The lowest BCUT2D eigenvalue weighted by atomic mass is 10.1. The maximum Gasteiger partial charge on any atom is 0.326 e. The molecule has 3 rings (SSSR count). The molecule has 7 heteroatoms. The van der Waals surface area contributed by atoms with Gasteiger partial charge in [0.25, 0.3) is 5.91 Å². The Morgan fingerprint density at radius 3 is 2.91 bits per heavy atom. The predicted molar refractivity (Wildman–Crippen MR) is 83.0 cm³/mol. The Balaban J connectivity index is 1.75. The fraction of sp³-hybridized carbons (Fsp3) is 0.312. The van der Waals surface area contributed by atoms with Crippen LogP contribution < -0.4 is 0 Å². The molecule has 0 bridgehead atoms. The van der Waals surface area contributed by atoms with E-state index in [0.29, 0.717) is 41.3 Å². The molecule has 1 aliphatic heterocycles. The van der Waals surface area contributed by atoms with Crippen LogP contribution in [0.5, 0.6) is 0 Å². The number of carbonyl (C=O) groups excluding carboxylic acids is 1. The fourth-order valence-corrected chi connectivity index (χ4v) is 3.60. The molecule has 0 spiro atoms. The van der Waals surface area contributed by atoms with Crippen LogP contribution >= 0.6 is 11.3 Å². The average Bonchev–Trinajstić information content (AvgIpc) is 3.18. The molecule has 2 heterocycles. The highest BCUT2D eigenvalue weighted by molar-refractivity contribution is 7.13. The number of aliphatic carboxylic acids is 1. The van der Waals surface area contributed by atoms with E-state index < -0.39 is 12.0 Å². The van der Waals surface area contributed by atoms with Crippen molar-refractivity contribution in [1.82, 2.24) is 9.88 Å². The van der Waals surface area contributed by atoms with Crippen molar-refractivity contribution in [2.45, 2.75) is 25.3 Å². The van der Waals surface area contributed by atoms with E-state index in [1.807, 2.05) is 0 Å². The third-order valence-corrected chi connectivity index (χ3v) is 4.85. The van der Waals surface area contributed by atoms with Crippen molar-refractivity contribution in [3.05, 3.63) is 51.7 Å². The van der Waals surface area contributed by atoms with E-state index in [4.69, 9.17) is 5.11 Å². The van der Waals surface area contributed by atoms with E-state index in [0.717, 1.165) is 0 Å². The van der Waals surface area contributed by atoms with Gasteiger partial charge in [0.15, 0.2) is 0 Å². The number of benzene rings is 1. The zero-order valence-electron chi connectivity index (χ0n) is 12.2. The van der Waals surface area contributed by atoms with Crippen LogP contribution in [0.15, 0.2) is 30.5 Å². The van der Waals surface area contributed by atoms with Crippen LogP contribution in [-0.4, -0.2) is 39.5 Å². The summed E-state index contributed by atoms with van der Waals surface area (Å²) in [6, 6.07) is 5.67. The van der Waals surface area contributed by atoms with Gasteiger partial charge >= 0.3 is 5.97 Å². The molecule has 1 aliphatic rings. The molecule has 1 N–H and O–H groups in total. The summed E-state index contributed by atoms with van der Waals surface area (Å²) in [4.78, 5) is 29.6. The summed E-state index contributed by atoms with van der Waals surface area (Å²) in [5.41, 5.74) is 0.519. The molecule has 5 nitrogen and oxygen atoms in total. The minimum atomic E-state index is -0.980. The van der Waals surface area contributed by atoms with Crippen LogP contribution in [0.4, 0.5) is 4.39 Å². The molecule has 120 valence electrons. The Morgan fingerprint density at radius 2 is 2.17 bits per heavy atom. The van der Waals surface area contributed by atoms with E-state index in [9.17, 15) is 14.0 Å². The van der Waals surface area contributed by atoms with Gasteiger partial charge in [0.1, 0.15) is 16.7 Å². The lowest BCUT2D eigenvalue weighted by molar-refractivity contribution is -0.141. The number of carboxylic acids is 1. The van der Waals surface area contributed by atoms with Crippen molar-refractivity contribution in [3.8, 4) is 0 Å². The van der Waals surface area contributed by atoms with Crippen LogP contribution in [0.1, 0.15) is 33.1 Å². The van der Waals surface area contributed by atoms with Crippen molar-refractivity contribution >= 4 is 23.2 Å². The molecule has 23 heavy (non-hydrogen) atoms. The monoisotopic (exact) mass is 334 g/mol. The molecule has 1 fully saturated rings. The number of hydrogen-bond acceptors (Lipinski definition) is 4. The molecule has 1 unspecified atom stereocenters. The number of nitrogens with zero attached hydrogens (tertiary/aromatic N) is 2. The third kappa shape index (κ3) is 3.24. The van der Waals surface area contributed by atoms with Crippen LogP contribution in [-0.2, 0) is 11.2 Å². The number of halogens is 1. The number of amides is 1. The second-order valence-corrected chi connectivity index (χ2v) is 6.50. The summed E-state index contributed by atoms with van der Waals surface area (Å²) in [5.74, 6) is -1.60. The van der Waals surface area contributed by atoms with Gasteiger partial charge in [-0.2, -0.15) is 0 Å². The molecule has 1 aromatic carbocycles. The van der Waals surface area contributed by atoms with E-state index in [2.05, 4.69) is 4.98 Å².